The van der Waals surface area contributed by atoms with Crippen LogP contribution in [0.25, 0.3) is 6.08 Å². The number of rotatable bonds is 8. The number of fused-ring (bicyclic) bond motifs is 1. The molecule has 10 heteroatoms. The van der Waals surface area contributed by atoms with E-state index in [1.807, 2.05) is 31.2 Å². The highest BCUT2D eigenvalue weighted by molar-refractivity contribution is 8.27. The van der Waals surface area contributed by atoms with Gasteiger partial charge >= 0.3 is 0 Å². The summed E-state index contributed by atoms with van der Waals surface area (Å²) in [5.41, 5.74) is 3.97. The normalized spacial score (nSPS) is 15.8. The second-order valence-electron chi connectivity index (χ2n) is 8.52. The van der Waals surface area contributed by atoms with Gasteiger partial charge in [0.15, 0.2) is 17.3 Å². The van der Waals surface area contributed by atoms with E-state index in [0.29, 0.717) is 40.5 Å². The Labute approximate surface area is 224 Å². The summed E-state index contributed by atoms with van der Waals surface area (Å²) in [4.78, 5) is 21.0. The van der Waals surface area contributed by atoms with Crippen molar-refractivity contribution < 1.29 is 19.0 Å². The number of nitrogens with one attached hydrogen (secondary N) is 1. The molecule has 9 nitrogen and oxygen atoms in total. The molecule has 0 saturated carbocycles. The van der Waals surface area contributed by atoms with E-state index in [1.54, 1.807) is 49.8 Å². The van der Waals surface area contributed by atoms with Crippen LogP contribution in [-0.4, -0.2) is 52.3 Å². The number of thioether (sulfide) groups is 1. The molecule has 2 aliphatic heterocycles. The summed E-state index contributed by atoms with van der Waals surface area (Å²) in [6.07, 6.45) is 4.95. The van der Waals surface area contributed by atoms with E-state index >= 15 is 0 Å². The van der Waals surface area contributed by atoms with Gasteiger partial charge < -0.3 is 14.2 Å². The lowest BCUT2D eigenvalue weighted by Crippen LogP contribution is -2.35. The first kappa shape index (κ1) is 25.2. The number of carbonyl (C=O) groups excluding carboxylic acids is 1. The second-order valence-corrected chi connectivity index (χ2v) is 9.48. The number of hydrogen-bond donors (Lipinski definition) is 1. The van der Waals surface area contributed by atoms with Gasteiger partial charge in [0.05, 0.1) is 12.7 Å². The molecule has 0 bridgehead atoms. The van der Waals surface area contributed by atoms with Gasteiger partial charge in [0.1, 0.15) is 24.0 Å². The number of hydrazone groups is 1. The lowest BCUT2D eigenvalue weighted by molar-refractivity contribution is -0.114. The van der Waals surface area contributed by atoms with Gasteiger partial charge in [0.25, 0.3) is 5.91 Å². The molecular weight excluding hydrogens is 502 g/mol. The SMILES string of the molecule is COc1cc(C=C2C(=N)N3N=C(c4cccnc4)SC3=NC2=O)ccc1OCCOc1ccc(C)c(C)c1. The van der Waals surface area contributed by atoms with E-state index in [2.05, 4.69) is 22.0 Å². The Bertz CT molecular complexity index is 1500. The summed E-state index contributed by atoms with van der Waals surface area (Å²) in [6.45, 7) is 4.81. The van der Waals surface area contributed by atoms with Gasteiger partial charge in [-0.1, -0.05) is 12.1 Å². The third-order valence-corrected chi connectivity index (χ3v) is 6.91. The number of amides is 1. The summed E-state index contributed by atoms with van der Waals surface area (Å²) in [7, 11) is 1.55. The van der Waals surface area contributed by atoms with E-state index in [4.69, 9.17) is 19.6 Å². The molecule has 3 heterocycles. The molecule has 0 aliphatic carbocycles. The summed E-state index contributed by atoms with van der Waals surface area (Å²) < 4.78 is 17.2. The highest BCUT2D eigenvalue weighted by Crippen LogP contribution is 2.32. The van der Waals surface area contributed by atoms with Crippen molar-refractivity contribution in [3.05, 3.63) is 88.8 Å². The van der Waals surface area contributed by atoms with Crippen molar-refractivity contribution in [2.45, 2.75) is 13.8 Å². The van der Waals surface area contributed by atoms with Crippen LogP contribution in [0.15, 0.2) is 76.6 Å². The van der Waals surface area contributed by atoms with E-state index in [0.717, 1.165) is 11.3 Å². The number of aryl methyl sites for hydroxylation is 2. The topological polar surface area (TPSA) is 109 Å². The maximum Gasteiger partial charge on any atom is 0.283 e. The van der Waals surface area contributed by atoms with Crippen LogP contribution in [0.2, 0.25) is 0 Å². The minimum Gasteiger partial charge on any atom is -0.493 e. The molecule has 0 spiro atoms. The van der Waals surface area contributed by atoms with Crippen molar-refractivity contribution in [2.75, 3.05) is 20.3 Å². The van der Waals surface area contributed by atoms with Crippen molar-refractivity contribution in [1.29, 1.82) is 5.41 Å². The van der Waals surface area contributed by atoms with Crippen molar-refractivity contribution in [2.24, 2.45) is 10.1 Å². The lowest BCUT2D eigenvalue weighted by atomic mass is 10.1. The molecule has 0 atom stereocenters. The fourth-order valence-corrected chi connectivity index (χ4v) is 4.65. The number of nitrogens with zero attached hydrogens (tertiary/aromatic N) is 4. The number of hydrogen-bond acceptors (Lipinski definition) is 8. The van der Waals surface area contributed by atoms with Crippen LogP contribution >= 0.6 is 11.8 Å². The zero-order valence-electron chi connectivity index (χ0n) is 21.1. The molecule has 5 rings (SSSR count). The zero-order valence-corrected chi connectivity index (χ0v) is 21.9. The van der Waals surface area contributed by atoms with Gasteiger partial charge in [-0.05, 0) is 84.8 Å². The molecule has 0 fully saturated rings. The van der Waals surface area contributed by atoms with Crippen LogP contribution in [0.5, 0.6) is 17.2 Å². The number of amidine groups is 2. The van der Waals surface area contributed by atoms with E-state index in [1.165, 1.54) is 27.9 Å². The van der Waals surface area contributed by atoms with Crippen molar-refractivity contribution in [3.63, 3.8) is 0 Å². The molecule has 1 N–H and O–H groups in total. The number of benzene rings is 2. The Hall–Kier alpha value is -4.44. The summed E-state index contributed by atoms with van der Waals surface area (Å²) >= 11 is 1.23. The summed E-state index contributed by atoms with van der Waals surface area (Å²) in [5, 5.41) is 15.4. The third kappa shape index (κ3) is 5.30. The second kappa shape index (κ2) is 10.9. The van der Waals surface area contributed by atoms with Gasteiger partial charge in [-0.25, -0.2) is 0 Å². The molecule has 0 radical (unpaired) electrons. The highest BCUT2D eigenvalue weighted by Gasteiger charge is 2.36. The van der Waals surface area contributed by atoms with Gasteiger partial charge in [-0.2, -0.15) is 15.1 Å². The Morgan fingerprint density at radius 2 is 1.87 bits per heavy atom. The van der Waals surface area contributed by atoms with Crippen molar-refractivity contribution >= 4 is 39.8 Å². The van der Waals surface area contributed by atoms with E-state index < -0.39 is 5.91 Å². The fourth-order valence-electron chi connectivity index (χ4n) is 3.77. The first-order valence-electron chi connectivity index (χ1n) is 11.8. The maximum absolute atomic E-state index is 12.8. The zero-order chi connectivity index (χ0) is 26.6. The molecule has 2 aromatic carbocycles. The van der Waals surface area contributed by atoms with Crippen LogP contribution in [0.3, 0.4) is 0 Å². The number of carbonyl (C=O) groups is 1. The first-order chi connectivity index (χ1) is 18.4. The molecule has 3 aromatic rings. The number of aliphatic imine (C=N–C) groups is 1. The summed E-state index contributed by atoms with van der Waals surface area (Å²) in [6, 6.07) is 14.9. The highest BCUT2D eigenvalue weighted by atomic mass is 32.2. The molecule has 192 valence electrons. The van der Waals surface area contributed by atoms with Crippen molar-refractivity contribution in [1.82, 2.24) is 9.99 Å². The van der Waals surface area contributed by atoms with Gasteiger partial charge in [0, 0.05) is 18.0 Å². The fraction of sp³-hybridized carbons (Fsp3) is 0.179. The minimum absolute atomic E-state index is 0.0471. The molecule has 38 heavy (non-hydrogen) atoms. The van der Waals surface area contributed by atoms with Crippen LogP contribution in [0.1, 0.15) is 22.3 Å². The number of ether oxygens (including phenoxy) is 3. The predicted octanol–water partition coefficient (Wildman–Crippen LogP) is 4.83. The standard InChI is InChI=1S/C28H25N5O4S/c1-17-6-8-21(13-18(17)2)36-11-12-37-23-9-7-19(15-24(23)35-3)14-22-25(29)33-28(31-26(22)34)38-27(32-33)20-5-4-10-30-16-20/h4-10,13-16,29H,11-12H2,1-3H3. The first-order valence-corrected chi connectivity index (χ1v) is 12.7. The monoisotopic (exact) mass is 527 g/mol. The number of methoxy groups -OCH3 is 1. The van der Waals surface area contributed by atoms with Crippen molar-refractivity contribution in [3.8, 4) is 17.2 Å². The van der Waals surface area contributed by atoms with Gasteiger partial charge in [-0.3, -0.25) is 15.2 Å². The molecule has 2 aliphatic rings. The number of aromatic nitrogens is 1. The summed E-state index contributed by atoms with van der Waals surface area (Å²) in [5.74, 6) is 1.29. The average molecular weight is 528 g/mol. The lowest BCUT2D eigenvalue weighted by Gasteiger charge is -2.20. The Morgan fingerprint density at radius 3 is 2.63 bits per heavy atom. The smallest absolute Gasteiger partial charge is 0.283 e. The largest absolute Gasteiger partial charge is 0.493 e. The van der Waals surface area contributed by atoms with Crippen LogP contribution in [0.4, 0.5) is 0 Å². The van der Waals surface area contributed by atoms with Crippen LogP contribution < -0.4 is 14.2 Å². The van der Waals surface area contributed by atoms with E-state index in [-0.39, 0.29) is 11.4 Å². The Balaban J connectivity index is 1.27. The van der Waals surface area contributed by atoms with Crippen LogP contribution in [-0.2, 0) is 4.79 Å². The Morgan fingerprint density at radius 1 is 1.03 bits per heavy atom. The molecule has 0 unspecified atom stereocenters. The quantitative estimate of drug-likeness (QED) is 0.330. The number of pyridine rings is 1. The minimum atomic E-state index is -0.501. The van der Waals surface area contributed by atoms with Gasteiger partial charge in [-0.15, -0.1) is 0 Å². The van der Waals surface area contributed by atoms with Crippen LogP contribution in [0, 0.1) is 19.3 Å². The van der Waals surface area contributed by atoms with E-state index in [9.17, 15) is 4.79 Å². The molecule has 1 amide bonds. The van der Waals surface area contributed by atoms with Gasteiger partial charge in [0.2, 0.25) is 5.17 Å². The molecule has 1 aromatic heterocycles. The Kier molecular flexibility index (Phi) is 7.23. The maximum atomic E-state index is 12.8. The third-order valence-electron chi connectivity index (χ3n) is 5.95. The molecule has 0 saturated heterocycles. The molecular formula is C28H25N5O4S. The predicted molar refractivity (Wildman–Crippen MR) is 148 cm³/mol. The average Bonchev–Trinajstić information content (AvgIpc) is 3.36.